The maximum Gasteiger partial charge on any atom is 0.261 e. The Balaban J connectivity index is 1.39. The van der Waals surface area contributed by atoms with Crippen LogP contribution in [0.2, 0.25) is 0 Å². The second-order valence-electron chi connectivity index (χ2n) is 11.6. The van der Waals surface area contributed by atoms with Crippen molar-refractivity contribution in [3.63, 3.8) is 0 Å². The maximum absolute atomic E-state index is 15.1. The summed E-state index contributed by atoms with van der Waals surface area (Å²) in [6, 6.07) is 6.62. The average Bonchev–Trinajstić information content (AvgIpc) is 3.41. The number of nitrogens with zero attached hydrogens (tertiary/aromatic N) is 6. The molecule has 0 saturated carbocycles. The molecule has 0 bridgehead atoms. The van der Waals surface area contributed by atoms with Crippen LogP contribution in [-0.2, 0) is 21.3 Å². The van der Waals surface area contributed by atoms with Gasteiger partial charge in [-0.3, -0.25) is 9.36 Å². The Hall–Kier alpha value is -3.88. The van der Waals surface area contributed by atoms with Gasteiger partial charge in [0, 0.05) is 63.2 Å². The Labute approximate surface area is 255 Å². The van der Waals surface area contributed by atoms with Crippen LogP contribution in [0.1, 0.15) is 32.4 Å². The Kier molecular flexibility index (Phi) is 8.40. The molecular formula is C30H37FN8O4S. The Morgan fingerprint density at radius 2 is 1.89 bits per heavy atom. The normalized spacial score (nSPS) is 16.6. The average molecular weight is 625 g/mol. The highest BCUT2D eigenvalue weighted by atomic mass is 32.2. The quantitative estimate of drug-likeness (QED) is 0.301. The van der Waals surface area contributed by atoms with E-state index in [2.05, 4.69) is 20.6 Å². The molecule has 6 rings (SSSR count). The molecule has 4 aromatic rings. The third-order valence-electron chi connectivity index (χ3n) is 8.36. The predicted octanol–water partition coefficient (Wildman–Crippen LogP) is 3.27. The second-order valence-corrected chi connectivity index (χ2v) is 14.0. The van der Waals surface area contributed by atoms with Crippen LogP contribution in [0.25, 0.3) is 22.3 Å². The molecule has 0 spiro atoms. The summed E-state index contributed by atoms with van der Waals surface area (Å²) in [6.07, 6.45) is 4.46. The van der Waals surface area contributed by atoms with Crippen molar-refractivity contribution in [3.8, 4) is 11.3 Å². The van der Waals surface area contributed by atoms with E-state index in [0.717, 1.165) is 43.0 Å². The molecule has 0 radical (unpaired) electrons. The molecule has 12 nitrogen and oxygen atoms in total. The molecule has 3 aromatic heterocycles. The maximum atomic E-state index is 15.1. The zero-order valence-corrected chi connectivity index (χ0v) is 25.9. The topological polar surface area (TPSA) is 136 Å². The van der Waals surface area contributed by atoms with E-state index in [1.54, 1.807) is 49.7 Å². The number of pyridine rings is 1. The van der Waals surface area contributed by atoms with Crippen molar-refractivity contribution in [1.82, 2.24) is 28.8 Å². The van der Waals surface area contributed by atoms with Crippen molar-refractivity contribution in [2.75, 3.05) is 49.6 Å². The summed E-state index contributed by atoms with van der Waals surface area (Å²) >= 11 is 0. The summed E-state index contributed by atoms with van der Waals surface area (Å²) in [7, 11) is -3.66. The summed E-state index contributed by atoms with van der Waals surface area (Å²) in [4.78, 5) is 29.7. The van der Waals surface area contributed by atoms with Crippen LogP contribution >= 0.6 is 0 Å². The second kappa shape index (κ2) is 12.3. The lowest BCUT2D eigenvalue weighted by Gasteiger charge is -2.29. The number of rotatable bonds is 8. The van der Waals surface area contributed by atoms with Gasteiger partial charge in [-0.2, -0.15) is 4.98 Å². The molecule has 5 heterocycles. The lowest BCUT2D eigenvalue weighted by Crippen LogP contribution is -2.43. The molecular weight excluding hydrogens is 587 g/mol. The lowest BCUT2D eigenvalue weighted by molar-refractivity contribution is 0.0613. The third kappa shape index (κ3) is 5.81. The van der Waals surface area contributed by atoms with Crippen molar-refractivity contribution in [2.24, 2.45) is 5.92 Å². The molecule has 14 heteroatoms. The standard InChI is InChI=1S/C30H37FN8O4S/c1-19(2)44(41,42)39-18-34-27(20(39)3)24-14-22-16-33-30(36-28(22)38(29(24)40)17-21-6-12-43-13-7-21)35-23-4-5-26(25(31)15-23)37-10-8-32-9-11-37/h4-5,14-16,18-19,21,32H,6-13,17H2,1-3H3,(H,33,35,36). The highest BCUT2D eigenvalue weighted by molar-refractivity contribution is 7.90. The minimum atomic E-state index is -3.66. The Morgan fingerprint density at radius 3 is 2.59 bits per heavy atom. The van der Waals surface area contributed by atoms with Gasteiger partial charge < -0.3 is 20.3 Å². The van der Waals surface area contributed by atoms with Crippen molar-refractivity contribution < 1.29 is 17.5 Å². The van der Waals surface area contributed by atoms with E-state index >= 15 is 4.39 Å². The van der Waals surface area contributed by atoms with E-state index < -0.39 is 15.3 Å². The van der Waals surface area contributed by atoms with Crippen molar-refractivity contribution >= 4 is 38.4 Å². The van der Waals surface area contributed by atoms with Gasteiger partial charge in [0.1, 0.15) is 17.8 Å². The van der Waals surface area contributed by atoms with Gasteiger partial charge in [0.25, 0.3) is 5.56 Å². The highest BCUT2D eigenvalue weighted by Gasteiger charge is 2.26. The van der Waals surface area contributed by atoms with Crippen molar-refractivity contribution in [2.45, 2.75) is 45.4 Å². The van der Waals surface area contributed by atoms with E-state index in [4.69, 9.17) is 9.72 Å². The number of ether oxygens (including phenoxy) is 1. The van der Waals surface area contributed by atoms with Crippen LogP contribution < -0.4 is 21.1 Å². The number of halogens is 1. The molecule has 2 N–H and O–H groups in total. The first-order valence-electron chi connectivity index (χ1n) is 14.9. The Bertz CT molecular complexity index is 1840. The number of anilines is 3. The molecule has 0 unspecified atom stereocenters. The van der Waals surface area contributed by atoms with Crippen molar-refractivity contribution in [1.29, 1.82) is 0 Å². The first-order valence-corrected chi connectivity index (χ1v) is 16.4. The van der Waals surface area contributed by atoms with E-state index in [9.17, 15) is 13.2 Å². The number of hydrogen-bond donors (Lipinski definition) is 2. The molecule has 2 saturated heterocycles. The number of nitrogens with one attached hydrogen (secondary N) is 2. The van der Waals surface area contributed by atoms with E-state index in [0.29, 0.717) is 53.6 Å². The molecule has 44 heavy (non-hydrogen) atoms. The summed E-state index contributed by atoms with van der Waals surface area (Å²) < 4.78 is 49.2. The number of fused-ring (bicyclic) bond motifs is 1. The molecule has 2 aliphatic heterocycles. The molecule has 234 valence electrons. The van der Waals surface area contributed by atoms with Gasteiger partial charge in [-0.05, 0) is 63.8 Å². The number of aromatic nitrogens is 5. The van der Waals surface area contributed by atoms with Gasteiger partial charge in [-0.25, -0.2) is 26.7 Å². The van der Waals surface area contributed by atoms with E-state index in [1.807, 2.05) is 4.90 Å². The molecule has 2 fully saturated rings. The van der Waals surface area contributed by atoms with Crippen LogP contribution in [0.5, 0.6) is 0 Å². The Morgan fingerprint density at radius 1 is 1.14 bits per heavy atom. The zero-order valence-electron chi connectivity index (χ0n) is 25.1. The fourth-order valence-corrected chi connectivity index (χ4v) is 6.87. The summed E-state index contributed by atoms with van der Waals surface area (Å²) in [5, 5.41) is 6.30. The monoisotopic (exact) mass is 624 g/mol. The fourth-order valence-electron chi connectivity index (χ4n) is 5.76. The smallest absolute Gasteiger partial charge is 0.261 e. The summed E-state index contributed by atoms with van der Waals surface area (Å²) in [5.74, 6) is 0.0779. The van der Waals surface area contributed by atoms with Crippen LogP contribution in [0.4, 0.5) is 21.7 Å². The van der Waals surface area contributed by atoms with Crippen LogP contribution in [0.3, 0.4) is 0 Å². The van der Waals surface area contributed by atoms with Gasteiger partial charge in [0.15, 0.2) is 0 Å². The number of imidazole rings is 1. The zero-order chi connectivity index (χ0) is 31.0. The van der Waals surface area contributed by atoms with Gasteiger partial charge in [0.05, 0.1) is 27.9 Å². The van der Waals surface area contributed by atoms with Crippen LogP contribution in [0.15, 0.2) is 41.6 Å². The van der Waals surface area contributed by atoms with Gasteiger partial charge in [-0.1, -0.05) is 0 Å². The fraction of sp³-hybridized carbons (Fsp3) is 0.467. The molecule has 1 aromatic carbocycles. The third-order valence-corrected chi connectivity index (χ3v) is 10.5. The predicted molar refractivity (Wildman–Crippen MR) is 168 cm³/mol. The molecule has 0 atom stereocenters. The minimum Gasteiger partial charge on any atom is -0.381 e. The van der Waals surface area contributed by atoms with E-state index in [-0.39, 0.29) is 28.8 Å². The number of benzene rings is 1. The van der Waals surface area contributed by atoms with E-state index in [1.165, 1.54) is 12.4 Å². The summed E-state index contributed by atoms with van der Waals surface area (Å²) in [5.41, 5.74) is 2.07. The van der Waals surface area contributed by atoms with Crippen LogP contribution in [0, 0.1) is 18.7 Å². The highest BCUT2D eigenvalue weighted by Crippen LogP contribution is 2.28. The van der Waals surface area contributed by atoms with Gasteiger partial charge >= 0.3 is 0 Å². The SMILES string of the molecule is Cc1c(-c2cc3cnc(Nc4ccc(N5CCNCC5)c(F)c4)nc3n(CC3CCOCC3)c2=O)ncn1S(=O)(=O)C(C)C. The first-order chi connectivity index (χ1) is 21.1. The first kappa shape index (κ1) is 30.2. The molecule has 0 aliphatic carbocycles. The molecule has 0 amide bonds. The van der Waals surface area contributed by atoms with Gasteiger partial charge in [0.2, 0.25) is 16.0 Å². The lowest BCUT2D eigenvalue weighted by atomic mass is 10.00. The molecule has 2 aliphatic rings. The number of hydrogen-bond acceptors (Lipinski definition) is 10. The van der Waals surface area contributed by atoms with Gasteiger partial charge in [-0.15, -0.1) is 0 Å². The van der Waals surface area contributed by atoms with Crippen LogP contribution in [-0.4, -0.2) is 76.6 Å². The minimum absolute atomic E-state index is 0.192. The summed E-state index contributed by atoms with van der Waals surface area (Å²) in [6.45, 7) is 9.56. The number of piperazine rings is 1. The van der Waals surface area contributed by atoms with Crippen molar-refractivity contribution in [3.05, 3.63) is 58.7 Å². The largest absolute Gasteiger partial charge is 0.381 e.